The molecule has 2 atom stereocenters. The van der Waals surface area contributed by atoms with Crippen LogP contribution in [0.5, 0.6) is 0 Å². The number of rotatable bonds is 7. The predicted octanol–water partition coefficient (Wildman–Crippen LogP) is -0.446. The maximum absolute atomic E-state index is 12.7. The minimum absolute atomic E-state index is 0.134. The molecule has 120 valence electrons. The maximum atomic E-state index is 12.7. The van der Waals surface area contributed by atoms with Gasteiger partial charge in [-0.25, -0.2) is 8.42 Å². The fourth-order valence-electron chi connectivity index (χ4n) is 2.40. The molecule has 0 bridgehead atoms. The standard InChI is InChI=1S/C12H22N4O4S/c1-4-13-5-9-6-14-15-12(9)21(17,18)16-7-10(19-2)11(8-16)20-3/h6,10-11,13H,4-5,7-8H2,1-3H3,(H,14,15). The van der Waals surface area contributed by atoms with Gasteiger partial charge in [-0.15, -0.1) is 0 Å². The third-order valence-corrected chi connectivity index (χ3v) is 5.48. The molecule has 1 aliphatic heterocycles. The van der Waals surface area contributed by atoms with Crippen molar-refractivity contribution >= 4 is 10.0 Å². The SMILES string of the molecule is CCNCc1cn[nH]c1S(=O)(=O)N1CC(OC)C(OC)C1. The van der Waals surface area contributed by atoms with Gasteiger partial charge < -0.3 is 14.8 Å². The van der Waals surface area contributed by atoms with Crippen LogP contribution in [0.1, 0.15) is 12.5 Å². The van der Waals surface area contributed by atoms with Crippen LogP contribution in [0.4, 0.5) is 0 Å². The molecule has 0 aromatic carbocycles. The van der Waals surface area contributed by atoms with Crippen molar-refractivity contribution in [2.24, 2.45) is 0 Å². The van der Waals surface area contributed by atoms with E-state index in [2.05, 4.69) is 15.5 Å². The Kier molecular flexibility index (Phi) is 5.33. The summed E-state index contributed by atoms with van der Waals surface area (Å²) in [7, 11) is -0.517. The summed E-state index contributed by atoms with van der Waals surface area (Å²) < 4.78 is 37.4. The van der Waals surface area contributed by atoms with Crippen LogP contribution in [0.25, 0.3) is 0 Å². The topological polar surface area (TPSA) is 96.5 Å². The highest BCUT2D eigenvalue weighted by atomic mass is 32.2. The first-order chi connectivity index (χ1) is 10.0. The molecule has 1 saturated heterocycles. The normalized spacial score (nSPS) is 23.8. The van der Waals surface area contributed by atoms with Gasteiger partial charge in [-0.2, -0.15) is 9.40 Å². The van der Waals surface area contributed by atoms with Crippen molar-refractivity contribution < 1.29 is 17.9 Å². The van der Waals surface area contributed by atoms with Crippen LogP contribution in [0.2, 0.25) is 0 Å². The minimum Gasteiger partial charge on any atom is -0.377 e. The molecular formula is C12H22N4O4S. The van der Waals surface area contributed by atoms with E-state index in [4.69, 9.17) is 9.47 Å². The van der Waals surface area contributed by atoms with E-state index < -0.39 is 10.0 Å². The highest BCUT2D eigenvalue weighted by molar-refractivity contribution is 7.89. The van der Waals surface area contributed by atoms with E-state index in [0.29, 0.717) is 12.1 Å². The van der Waals surface area contributed by atoms with Gasteiger partial charge in [-0.3, -0.25) is 5.10 Å². The molecule has 1 aliphatic rings. The number of nitrogens with one attached hydrogen (secondary N) is 2. The minimum atomic E-state index is -3.63. The van der Waals surface area contributed by atoms with Crippen LogP contribution in [0.3, 0.4) is 0 Å². The van der Waals surface area contributed by atoms with Gasteiger partial charge in [0.05, 0.1) is 18.4 Å². The second-order valence-electron chi connectivity index (χ2n) is 4.88. The van der Waals surface area contributed by atoms with Crippen LogP contribution in [0, 0.1) is 0 Å². The molecule has 0 spiro atoms. The van der Waals surface area contributed by atoms with Gasteiger partial charge in [0.1, 0.15) is 0 Å². The van der Waals surface area contributed by atoms with Crippen molar-refractivity contribution in [3.05, 3.63) is 11.8 Å². The highest BCUT2D eigenvalue weighted by Crippen LogP contribution is 2.24. The Hall–Kier alpha value is -1.00. The van der Waals surface area contributed by atoms with Crippen LogP contribution < -0.4 is 5.32 Å². The molecular weight excluding hydrogens is 296 g/mol. The average molecular weight is 318 g/mol. The van der Waals surface area contributed by atoms with Gasteiger partial charge in [0.2, 0.25) is 0 Å². The summed E-state index contributed by atoms with van der Waals surface area (Å²) >= 11 is 0. The second kappa shape index (κ2) is 6.84. The maximum Gasteiger partial charge on any atom is 0.260 e. The molecule has 1 aromatic heterocycles. The molecule has 0 aliphatic carbocycles. The van der Waals surface area contributed by atoms with Crippen LogP contribution >= 0.6 is 0 Å². The lowest BCUT2D eigenvalue weighted by Gasteiger charge is -2.15. The number of ether oxygens (including phenoxy) is 2. The quantitative estimate of drug-likeness (QED) is 0.707. The first-order valence-electron chi connectivity index (χ1n) is 6.83. The summed E-state index contributed by atoms with van der Waals surface area (Å²) in [6, 6.07) is 0. The first-order valence-corrected chi connectivity index (χ1v) is 8.27. The molecule has 2 unspecified atom stereocenters. The van der Waals surface area contributed by atoms with Gasteiger partial charge in [0, 0.05) is 39.4 Å². The van der Waals surface area contributed by atoms with Crippen molar-refractivity contribution in [3.63, 3.8) is 0 Å². The summed E-state index contributed by atoms with van der Waals surface area (Å²) in [4.78, 5) is 0. The monoisotopic (exact) mass is 318 g/mol. The fourth-order valence-corrected chi connectivity index (χ4v) is 3.97. The predicted molar refractivity (Wildman–Crippen MR) is 76.3 cm³/mol. The number of hydrogen-bond acceptors (Lipinski definition) is 6. The molecule has 21 heavy (non-hydrogen) atoms. The van der Waals surface area contributed by atoms with Crippen molar-refractivity contribution in [1.29, 1.82) is 0 Å². The summed E-state index contributed by atoms with van der Waals surface area (Å²) in [5, 5.41) is 9.69. The number of nitrogens with zero attached hydrogens (tertiary/aromatic N) is 2. The Balaban J connectivity index is 2.21. The first kappa shape index (κ1) is 16.4. The van der Waals surface area contributed by atoms with Crippen LogP contribution in [0.15, 0.2) is 11.2 Å². The molecule has 8 nitrogen and oxygen atoms in total. The van der Waals surface area contributed by atoms with Gasteiger partial charge >= 0.3 is 0 Å². The molecule has 2 rings (SSSR count). The third kappa shape index (κ3) is 3.27. The summed E-state index contributed by atoms with van der Waals surface area (Å²) in [5.41, 5.74) is 0.631. The number of aromatic amines is 1. The number of hydrogen-bond donors (Lipinski definition) is 2. The van der Waals surface area contributed by atoms with E-state index in [9.17, 15) is 8.42 Å². The zero-order valence-electron chi connectivity index (χ0n) is 12.5. The number of H-pyrrole nitrogens is 1. The molecule has 1 aromatic rings. The van der Waals surface area contributed by atoms with E-state index in [1.54, 1.807) is 14.2 Å². The fraction of sp³-hybridized carbons (Fsp3) is 0.750. The lowest BCUT2D eigenvalue weighted by atomic mass is 10.3. The Labute approximate surface area is 124 Å². The number of methoxy groups -OCH3 is 2. The van der Waals surface area contributed by atoms with Gasteiger partial charge in [-0.1, -0.05) is 6.92 Å². The van der Waals surface area contributed by atoms with Crippen molar-refractivity contribution in [2.75, 3.05) is 33.9 Å². The van der Waals surface area contributed by atoms with Gasteiger partial charge in [0.15, 0.2) is 5.03 Å². The smallest absolute Gasteiger partial charge is 0.260 e. The Morgan fingerprint density at radius 3 is 2.52 bits per heavy atom. The molecule has 2 N–H and O–H groups in total. The number of aromatic nitrogens is 2. The Morgan fingerprint density at radius 1 is 1.38 bits per heavy atom. The Morgan fingerprint density at radius 2 is 2.00 bits per heavy atom. The van der Waals surface area contributed by atoms with Gasteiger partial charge in [-0.05, 0) is 6.54 Å². The van der Waals surface area contributed by atoms with E-state index in [1.807, 2.05) is 6.92 Å². The zero-order valence-corrected chi connectivity index (χ0v) is 13.3. The van der Waals surface area contributed by atoms with E-state index in [0.717, 1.165) is 6.54 Å². The van der Waals surface area contributed by atoms with E-state index in [-0.39, 0.29) is 30.3 Å². The molecule has 0 radical (unpaired) electrons. The highest BCUT2D eigenvalue weighted by Gasteiger charge is 2.41. The average Bonchev–Trinajstić information content (AvgIpc) is 3.11. The van der Waals surface area contributed by atoms with Gasteiger partial charge in [0.25, 0.3) is 10.0 Å². The van der Waals surface area contributed by atoms with E-state index >= 15 is 0 Å². The number of sulfonamides is 1. The molecule has 0 saturated carbocycles. The zero-order chi connectivity index (χ0) is 15.5. The van der Waals surface area contributed by atoms with Crippen molar-refractivity contribution in [3.8, 4) is 0 Å². The second-order valence-corrected chi connectivity index (χ2v) is 6.75. The molecule has 2 heterocycles. The van der Waals surface area contributed by atoms with E-state index in [1.165, 1.54) is 10.5 Å². The Bertz CT molecular complexity index is 547. The third-order valence-electron chi connectivity index (χ3n) is 3.63. The van der Waals surface area contributed by atoms with Crippen molar-refractivity contribution in [2.45, 2.75) is 30.7 Å². The van der Waals surface area contributed by atoms with Crippen LogP contribution in [-0.2, 0) is 26.0 Å². The van der Waals surface area contributed by atoms with Crippen LogP contribution in [-0.4, -0.2) is 69.0 Å². The molecule has 1 fully saturated rings. The summed E-state index contributed by atoms with van der Waals surface area (Å²) in [5.74, 6) is 0. The summed E-state index contributed by atoms with van der Waals surface area (Å²) in [6.07, 6.45) is 1.02. The molecule has 9 heteroatoms. The lowest BCUT2D eigenvalue weighted by Crippen LogP contribution is -2.31. The largest absolute Gasteiger partial charge is 0.377 e. The summed E-state index contributed by atoms with van der Waals surface area (Å²) in [6.45, 7) is 3.72. The van der Waals surface area contributed by atoms with Crippen molar-refractivity contribution in [1.82, 2.24) is 19.8 Å². The molecule has 0 amide bonds. The lowest BCUT2D eigenvalue weighted by molar-refractivity contribution is -0.00461.